The van der Waals surface area contributed by atoms with E-state index in [1.54, 1.807) is 0 Å². The Morgan fingerprint density at radius 3 is 2.58 bits per heavy atom. The van der Waals surface area contributed by atoms with Crippen LogP contribution < -0.4 is 5.32 Å². The minimum atomic E-state index is -0.242. The summed E-state index contributed by atoms with van der Waals surface area (Å²) in [6.07, 6.45) is 2.76. The number of hydrogen-bond donors (Lipinski definition) is 1. The zero-order valence-electron chi connectivity index (χ0n) is 7.82. The van der Waals surface area contributed by atoms with Gasteiger partial charge in [0.25, 0.3) is 0 Å². The fraction of sp³-hybridized carbons (Fsp3) is 0.875. The normalized spacial score (nSPS) is 15.3. The standard InChI is InChI=1S/C8H16ClNOS/c1-4-8(2,6-9)10-7(11)5-12-3/h4-6H2,1-3H3,(H,10,11). The SMILES string of the molecule is CCC(C)(CCl)NC(=O)CSC. The minimum Gasteiger partial charge on any atom is -0.349 e. The van der Waals surface area contributed by atoms with Crippen LogP contribution in [0.15, 0.2) is 0 Å². The van der Waals surface area contributed by atoms with Crippen LogP contribution >= 0.6 is 23.4 Å². The minimum absolute atomic E-state index is 0.0625. The van der Waals surface area contributed by atoms with Gasteiger partial charge in [-0.2, -0.15) is 11.8 Å². The van der Waals surface area contributed by atoms with Gasteiger partial charge in [0.2, 0.25) is 5.91 Å². The molecule has 12 heavy (non-hydrogen) atoms. The van der Waals surface area contributed by atoms with E-state index in [0.29, 0.717) is 11.6 Å². The monoisotopic (exact) mass is 209 g/mol. The first-order valence-electron chi connectivity index (χ1n) is 3.94. The molecule has 0 aromatic carbocycles. The van der Waals surface area contributed by atoms with Crippen molar-refractivity contribution in [2.24, 2.45) is 0 Å². The molecule has 0 rings (SSSR count). The van der Waals surface area contributed by atoms with E-state index in [9.17, 15) is 4.79 Å². The van der Waals surface area contributed by atoms with Gasteiger partial charge in [-0.25, -0.2) is 0 Å². The summed E-state index contributed by atoms with van der Waals surface area (Å²) < 4.78 is 0. The van der Waals surface area contributed by atoms with Crippen molar-refractivity contribution in [3.63, 3.8) is 0 Å². The molecule has 0 aromatic rings. The Morgan fingerprint density at radius 2 is 2.25 bits per heavy atom. The number of alkyl halides is 1. The van der Waals surface area contributed by atoms with Crippen molar-refractivity contribution < 1.29 is 4.79 Å². The van der Waals surface area contributed by atoms with Crippen molar-refractivity contribution in [1.29, 1.82) is 0 Å². The lowest BCUT2D eigenvalue weighted by Crippen LogP contribution is -2.47. The smallest absolute Gasteiger partial charge is 0.230 e. The lowest BCUT2D eigenvalue weighted by atomic mass is 10.0. The number of nitrogens with one attached hydrogen (secondary N) is 1. The van der Waals surface area contributed by atoms with E-state index in [-0.39, 0.29) is 11.4 Å². The number of rotatable bonds is 5. The molecule has 1 N–H and O–H groups in total. The van der Waals surface area contributed by atoms with E-state index in [4.69, 9.17) is 11.6 Å². The van der Waals surface area contributed by atoms with E-state index in [0.717, 1.165) is 6.42 Å². The molecular formula is C8H16ClNOS. The third-order valence-corrected chi connectivity index (χ3v) is 2.93. The molecule has 0 aliphatic heterocycles. The second-order valence-corrected chi connectivity index (χ2v) is 4.16. The van der Waals surface area contributed by atoms with Crippen LogP contribution in [-0.4, -0.2) is 29.3 Å². The molecule has 0 fully saturated rings. The van der Waals surface area contributed by atoms with Gasteiger partial charge in [0.05, 0.1) is 11.3 Å². The molecule has 1 amide bonds. The lowest BCUT2D eigenvalue weighted by Gasteiger charge is -2.26. The van der Waals surface area contributed by atoms with Gasteiger partial charge in [0.15, 0.2) is 0 Å². The highest BCUT2D eigenvalue weighted by molar-refractivity contribution is 7.99. The Morgan fingerprint density at radius 1 is 1.67 bits per heavy atom. The van der Waals surface area contributed by atoms with E-state index >= 15 is 0 Å². The molecule has 4 heteroatoms. The molecule has 0 radical (unpaired) electrons. The maximum Gasteiger partial charge on any atom is 0.230 e. The van der Waals surface area contributed by atoms with Crippen LogP contribution in [0.3, 0.4) is 0 Å². The summed E-state index contributed by atoms with van der Waals surface area (Å²) in [5.41, 5.74) is -0.242. The highest BCUT2D eigenvalue weighted by Gasteiger charge is 2.22. The number of carbonyl (C=O) groups excluding carboxylic acids is 1. The average molecular weight is 210 g/mol. The van der Waals surface area contributed by atoms with Crippen LogP contribution in [0, 0.1) is 0 Å². The van der Waals surface area contributed by atoms with Crippen molar-refractivity contribution in [1.82, 2.24) is 5.32 Å². The zero-order chi connectivity index (χ0) is 9.61. The van der Waals surface area contributed by atoms with Crippen LogP contribution in [0.4, 0.5) is 0 Å². The molecule has 0 aromatic heterocycles. The quantitative estimate of drug-likeness (QED) is 0.701. The predicted octanol–water partition coefficient (Wildman–Crippen LogP) is 1.87. The molecule has 0 spiro atoms. The van der Waals surface area contributed by atoms with Gasteiger partial charge in [-0.05, 0) is 19.6 Å². The van der Waals surface area contributed by atoms with Crippen LogP contribution in [0.2, 0.25) is 0 Å². The number of hydrogen-bond acceptors (Lipinski definition) is 2. The summed E-state index contributed by atoms with van der Waals surface area (Å²) in [5.74, 6) is 1.03. The van der Waals surface area contributed by atoms with E-state index in [2.05, 4.69) is 5.32 Å². The Hall–Kier alpha value is 0.110. The second kappa shape index (κ2) is 5.70. The van der Waals surface area contributed by atoms with Crippen molar-refractivity contribution in [2.75, 3.05) is 17.9 Å². The Bertz CT molecular complexity index is 148. The molecule has 0 heterocycles. The molecule has 0 aliphatic carbocycles. The highest BCUT2D eigenvalue weighted by Crippen LogP contribution is 2.11. The topological polar surface area (TPSA) is 29.1 Å². The number of halogens is 1. The zero-order valence-corrected chi connectivity index (χ0v) is 9.39. The first-order chi connectivity index (χ1) is 5.58. The Labute approximate surface area is 83.4 Å². The summed E-state index contributed by atoms with van der Waals surface area (Å²) in [5, 5.41) is 2.90. The van der Waals surface area contributed by atoms with Gasteiger partial charge in [-0.1, -0.05) is 6.92 Å². The van der Waals surface area contributed by atoms with Crippen LogP contribution in [0.1, 0.15) is 20.3 Å². The molecular weight excluding hydrogens is 194 g/mol. The first-order valence-corrected chi connectivity index (χ1v) is 5.86. The lowest BCUT2D eigenvalue weighted by molar-refractivity contribution is -0.120. The molecule has 1 atom stereocenters. The first kappa shape index (κ1) is 12.1. The summed E-state index contributed by atoms with van der Waals surface area (Å²) in [6, 6.07) is 0. The van der Waals surface area contributed by atoms with Gasteiger partial charge in [0, 0.05) is 5.88 Å². The maximum atomic E-state index is 11.2. The van der Waals surface area contributed by atoms with Crippen molar-refractivity contribution in [3.8, 4) is 0 Å². The van der Waals surface area contributed by atoms with Crippen molar-refractivity contribution >= 4 is 29.3 Å². The average Bonchev–Trinajstić information content (AvgIpc) is 2.05. The molecule has 1 unspecified atom stereocenters. The summed E-state index contributed by atoms with van der Waals surface area (Å²) >= 11 is 7.25. The fourth-order valence-electron chi connectivity index (χ4n) is 0.720. The van der Waals surface area contributed by atoms with Crippen LogP contribution in [0.25, 0.3) is 0 Å². The molecule has 72 valence electrons. The third-order valence-electron chi connectivity index (χ3n) is 1.79. The predicted molar refractivity (Wildman–Crippen MR) is 55.9 cm³/mol. The summed E-state index contributed by atoms with van der Waals surface area (Å²) in [6.45, 7) is 3.97. The highest BCUT2D eigenvalue weighted by atomic mass is 35.5. The van der Waals surface area contributed by atoms with Crippen LogP contribution in [0.5, 0.6) is 0 Å². The van der Waals surface area contributed by atoms with Gasteiger partial charge in [-0.15, -0.1) is 11.6 Å². The van der Waals surface area contributed by atoms with Crippen LogP contribution in [-0.2, 0) is 4.79 Å². The van der Waals surface area contributed by atoms with Gasteiger partial charge in [-0.3, -0.25) is 4.79 Å². The summed E-state index contributed by atoms with van der Waals surface area (Å²) in [7, 11) is 0. The van der Waals surface area contributed by atoms with E-state index in [1.165, 1.54) is 11.8 Å². The van der Waals surface area contributed by atoms with E-state index < -0.39 is 0 Å². The van der Waals surface area contributed by atoms with Gasteiger partial charge in [0.1, 0.15) is 0 Å². The molecule has 0 saturated carbocycles. The summed E-state index contributed by atoms with van der Waals surface area (Å²) in [4.78, 5) is 11.2. The van der Waals surface area contributed by atoms with Crippen molar-refractivity contribution in [2.45, 2.75) is 25.8 Å². The maximum absolute atomic E-state index is 11.2. The largest absolute Gasteiger partial charge is 0.349 e. The Kier molecular flexibility index (Phi) is 5.76. The molecule has 0 bridgehead atoms. The second-order valence-electron chi connectivity index (χ2n) is 3.03. The number of amides is 1. The molecule has 0 aliphatic rings. The fourth-order valence-corrected chi connectivity index (χ4v) is 1.31. The molecule has 2 nitrogen and oxygen atoms in total. The molecule has 0 saturated heterocycles. The van der Waals surface area contributed by atoms with E-state index in [1.807, 2.05) is 20.1 Å². The third kappa shape index (κ3) is 4.21. The number of thioether (sulfide) groups is 1. The van der Waals surface area contributed by atoms with Gasteiger partial charge >= 0.3 is 0 Å². The van der Waals surface area contributed by atoms with Gasteiger partial charge < -0.3 is 5.32 Å². The Balaban J connectivity index is 3.93. The van der Waals surface area contributed by atoms with Crippen molar-refractivity contribution in [3.05, 3.63) is 0 Å². The number of carbonyl (C=O) groups is 1.